The van der Waals surface area contributed by atoms with Gasteiger partial charge in [-0.1, -0.05) is 48.6 Å². The number of hydrogen-bond acceptors (Lipinski definition) is 2. The van der Waals surface area contributed by atoms with Crippen molar-refractivity contribution in [3.63, 3.8) is 0 Å². The summed E-state index contributed by atoms with van der Waals surface area (Å²) in [5, 5.41) is 8.91. The summed E-state index contributed by atoms with van der Waals surface area (Å²) in [5.41, 5.74) is 4.32. The highest BCUT2D eigenvalue weighted by molar-refractivity contribution is 5.62. The van der Waals surface area contributed by atoms with Crippen LogP contribution in [0.1, 0.15) is 25.0 Å². The Morgan fingerprint density at radius 3 is 1.52 bits per heavy atom. The second kappa shape index (κ2) is 7.95. The standard InChI is InChI=1S/C10H12O.C9H10O/c1-8(2)9-4-6-10(11-3)7-5-9;1-7(2)8-3-5-9(10)6-4-8/h4-7H,1H2,2-3H3;3-6,10H,1H2,2H3. The van der Waals surface area contributed by atoms with Gasteiger partial charge in [0.25, 0.3) is 0 Å². The molecule has 0 spiro atoms. The van der Waals surface area contributed by atoms with Crippen molar-refractivity contribution >= 4 is 11.1 Å². The third kappa shape index (κ3) is 5.57. The second-order valence-electron chi connectivity index (χ2n) is 4.84. The molecule has 0 radical (unpaired) electrons. The fourth-order valence-corrected chi connectivity index (χ4v) is 1.62. The van der Waals surface area contributed by atoms with Crippen molar-refractivity contribution in [2.45, 2.75) is 13.8 Å². The van der Waals surface area contributed by atoms with Crippen LogP contribution in [0.5, 0.6) is 11.5 Å². The molecule has 0 aliphatic carbocycles. The molecule has 2 rings (SSSR count). The summed E-state index contributed by atoms with van der Waals surface area (Å²) in [4.78, 5) is 0. The first-order valence-electron chi connectivity index (χ1n) is 6.69. The van der Waals surface area contributed by atoms with Gasteiger partial charge in [0, 0.05) is 0 Å². The number of rotatable bonds is 3. The number of benzene rings is 2. The van der Waals surface area contributed by atoms with Gasteiger partial charge >= 0.3 is 0 Å². The summed E-state index contributed by atoms with van der Waals surface area (Å²) in [6.45, 7) is 11.5. The SMILES string of the molecule is C=C(C)c1ccc(O)cc1.C=C(C)c1ccc(OC)cc1. The molecule has 0 aliphatic rings. The smallest absolute Gasteiger partial charge is 0.118 e. The summed E-state index contributed by atoms with van der Waals surface area (Å²) in [5.74, 6) is 1.18. The normalized spacial score (nSPS) is 9.29. The van der Waals surface area contributed by atoms with Crippen molar-refractivity contribution in [2.75, 3.05) is 7.11 Å². The lowest BCUT2D eigenvalue weighted by molar-refractivity contribution is 0.415. The van der Waals surface area contributed by atoms with Gasteiger partial charge in [-0.3, -0.25) is 0 Å². The minimum absolute atomic E-state index is 0.296. The van der Waals surface area contributed by atoms with E-state index in [4.69, 9.17) is 9.84 Å². The molecule has 0 unspecified atom stereocenters. The van der Waals surface area contributed by atoms with Gasteiger partial charge in [0.2, 0.25) is 0 Å². The van der Waals surface area contributed by atoms with Gasteiger partial charge in [-0.2, -0.15) is 0 Å². The molecule has 0 saturated carbocycles. The molecule has 0 bridgehead atoms. The third-order valence-electron chi connectivity index (χ3n) is 2.94. The first-order chi connectivity index (χ1) is 9.93. The number of hydrogen-bond donors (Lipinski definition) is 1. The maximum absolute atomic E-state index is 8.91. The molecule has 1 N–H and O–H groups in total. The Bertz CT molecular complexity index is 592. The number of methoxy groups -OCH3 is 1. The van der Waals surface area contributed by atoms with Gasteiger partial charge in [-0.05, 0) is 49.2 Å². The molecule has 0 heterocycles. The van der Waals surface area contributed by atoms with E-state index >= 15 is 0 Å². The van der Waals surface area contributed by atoms with Gasteiger partial charge in [0.1, 0.15) is 11.5 Å². The van der Waals surface area contributed by atoms with Crippen molar-refractivity contribution in [1.82, 2.24) is 0 Å². The fourth-order valence-electron chi connectivity index (χ4n) is 1.62. The van der Waals surface area contributed by atoms with Crippen LogP contribution in [0.2, 0.25) is 0 Å². The van der Waals surface area contributed by atoms with Crippen LogP contribution in [0.15, 0.2) is 61.7 Å². The largest absolute Gasteiger partial charge is 0.508 e. The maximum Gasteiger partial charge on any atom is 0.118 e. The van der Waals surface area contributed by atoms with Gasteiger partial charge in [0.05, 0.1) is 7.11 Å². The molecule has 0 amide bonds. The number of ether oxygens (including phenoxy) is 1. The number of phenols is 1. The van der Waals surface area contributed by atoms with E-state index in [2.05, 4.69) is 13.2 Å². The zero-order chi connectivity index (χ0) is 15.8. The van der Waals surface area contributed by atoms with E-state index in [1.54, 1.807) is 19.2 Å². The van der Waals surface area contributed by atoms with Gasteiger partial charge in [0.15, 0.2) is 0 Å². The summed E-state index contributed by atoms with van der Waals surface area (Å²) in [7, 11) is 1.66. The Morgan fingerprint density at radius 2 is 1.19 bits per heavy atom. The van der Waals surface area contributed by atoms with Gasteiger partial charge in [-0.25, -0.2) is 0 Å². The zero-order valence-corrected chi connectivity index (χ0v) is 12.9. The van der Waals surface area contributed by atoms with Crippen LogP contribution in [0.4, 0.5) is 0 Å². The minimum atomic E-state index is 0.296. The molecule has 2 aromatic rings. The Hall–Kier alpha value is -2.48. The molecule has 0 aromatic heterocycles. The Morgan fingerprint density at radius 1 is 0.810 bits per heavy atom. The summed E-state index contributed by atoms with van der Waals surface area (Å²) in [6.07, 6.45) is 0. The first-order valence-corrected chi connectivity index (χ1v) is 6.69. The Labute approximate surface area is 127 Å². The molecule has 21 heavy (non-hydrogen) atoms. The maximum atomic E-state index is 8.91. The molecule has 0 aliphatic heterocycles. The average molecular weight is 282 g/mol. The lowest BCUT2D eigenvalue weighted by Crippen LogP contribution is -1.82. The highest BCUT2D eigenvalue weighted by atomic mass is 16.5. The first kappa shape index (κ1) is 16.6. The minimum Gasteiger partial charge on any atom is -0.508 e. The number of phenolic OH excluding ortho intramolecular Hbond substituents is 1. The van der Waals surface area contributed by atoms with Crippen molar-refractivity contribution in [2.24, 2.45) is 0 Å². The summed E-state index contributed by atoms with van der Waals surface area (Å²) >= 11 is 0. The molecule has 2 aromatic carbocycles. The van der Waals surface area contributed by atoms with Crippen LogP contribution in [-0.2, 0) is 0 Å². The van der Waals surface area contributed by atoms with E-state index in [-0.39, 0.29) is 0 Å². The summed E-state index contributed by atoms with van der Waals surface area (Å²) in [6, 6.07) is 14.9. The van der Waals surface area contributed by atoms with E-state index < -0.39 is 0 Å². The molecule has 2 nitrogen and oxygen atoms in total. The van der Waals surface area contributed by atoms with Gasteiger partial charge < -0.3 is 9.84 Å². The highest BCUT2D eigenvalue weighted by Gasteiger charge is 1.92. The van der Waals surface area contributed by atoms with Crippen LogP contribution in [0.25, 0.3) is 11.1 Å². The average Bonchev–Trinajstić information content (AvgIpc) is 2.48. The lowest BCUT2D eigenvalue weighted by atomic mass is 10.1. The quantitative estimate of drug-likeness (QED) is 0.843. The zero-order valence-electron chi connectivity index (χ0n) is 12.9. The topological polar surface area (TPSA) is 29.5 Å². The number of allylic oxidation sites excluding steroid dienone is 2. The van der Waals surface area contributed by atoms with E-state index in [0.717, 1.165) is 28.0 Å². The van der Waals surface area contributed by atoms with Gasteiger partial charge in [-0.15, -0.1) is 0 Å². The van der Waals surface area contributed by atoms with Crippen LogP contribution >= 0.6 is 0 Å². The Balaban J connectivity index is 0.000000211. The Kier molecular flexibility index (Phi) is 6.28. The molecule has 2 heteroatoms. The second-order valence-corrected chi connectivity index (χ2v) is 4.84. The van der Waals surface area contributed by atoms with Crippen molar-refractivity contribution in [3.8, 4) is 11.5 Å². The van der Waals surface area contributed by atoms with E-state index in [1.165, 1.54) is 0 Å². The summed E-state index contributed by atoms with van der Waals surface area (Å²) < 4.78 is 5.02. The molecular weight excluding hydrogens is 260 g/mol. The third-order valence-corrected chi connectivity index (χ3v) is 2.94. The van der Waals surface area contributed by atoms with Crippen LogP contribution in [-0.4, -0.2) is 12.2 Å². The predicted octanol–water partition coefficient (Wildman–Crippen LogP) is 5.15. The number of aromatic hydroxyl groups is 1. The van der Waals surface area contributed by atoms with Crippen LogP contribution in [0.3, 0.4) is 0 Å². The predicted molar refractivity (Wildman–Crippen MR) is 90.5 cm³/mol. The van der Waals surface area contributed by atoms with E-state index in [0.29, 0.717) is 5.75 Å². The van der Waals surface area contributed by atoms with Crippen molar-refractivity contribution in [3.05, 3.63) is 72.8 Å². The molecule has 0 fully saturated rings. The lowest BCUT2D eigenvalue weighted by Gasteiger charge is -2.01. The monoisotopic (exact) mass is 282 g/mol. The molecule has 110 valence electrons. The van der Waals surface area contributed by atoms with Crippen molar-refractivity contribution < 1.29 is 9.84 Å². The van der Waals surface area contributed by atoms with E-state index in [9.17, 15) is 0 Å². The molecule has 0 atom stereocenters. The van der Waals surface area contributed by atoms with Crippen LogP contribution < -0.4 is 4.74 Å². The molecule has 0 saturated heterocycles. The van der Waals surface area contributed by atoms with Crippen molar-refractivity contribution in [1.29, 1.82) is 0 Å². The fraction of sp³-hybridized carbons (Fsp3) is 0.158. The highest BCUT2D eigenvalue weighted by Crippen LogP contribution is 2.16. The van der Waals surface area contributed by atoms with E-state index in [1.807, 2.05) is 50.2 Å². The van der Waals surface area contributed by atoms with Crippen LogP contribution in [0, 0.1) is 0 Å². The molecular formula is C19H22O2.